The molecule has 2 heterocycles. The van der Waals surface area contributed by atoms with E-state index in [9.17, 15) is 9.59 Å². The summed E-state index contributed by atoms with van der Waals surface area (Å²) in [7, 11) is 0. The smallest absolute Gasteiger partial charge is 0.306 e. The Morgan fingerprint density at radius 1 is 1.50 bits per heavy atom. The summed E-state index contributed by atoms with van der Waals surface area (Å²) in [5.74, 6) is 0.0899. The molecule has 0 bridgehead atoms. The van der Waals surface area contributed by atoms with Gasteiger partial charge in [-0.2, -0.15) is 0 Å². The monoisotopic (exact) mass is 322 g/mol. The molecule has 0 aliphatic heterocycles. The van der Waals surface area contributed by atoms with Crippen molar-refractivity contribution in [2.24, 2.45) is 0 Å². The van der Waals surface area contributed by atoms with Gasteiger partial charge in [-0.3, -0.25) is 9.59 Å². The minimum atomic E-state index is -0.869. The van der Waals surface area contributed by atoms with Crippen LogP contribution in [0.1, 0.15) is 30.4 Å². The van der Waals surface area contributed by atoms with Gasteiger partial charge in [0.25, 0.3) is 5.91 Å². The van der Waals surface area contributed by atoms with Gasteiger partial charge in [0.05, 0.1) is 0 Å². The third kappa shape index (κ3) is 5.00. The summed E-state index contributed by atoms with van der Waals surface area (Å²) < 4.78 is 9.95. The molecule has 1 amide bonds. The molecule has 2 aromatic heterocycles. The molecule has 1 N–H and O–H groups in total. The van der Waals surface area contributed by atoms with Crippen molar-refractivity contribution < 1.29 is 18.8 Å². The maximum Gasteiger partial charge on any atom is 0.306 e. The van der Waals surface area contributed by atoms with Crippen LogP contribution >= 0.6 is 11.3 Å². The fourth-order valence-corrected chi connectivity index (χ4v) is 2.58. The van der Waals surface area contributed by atoms with Gasteiger partial charge < -0.3 is 14.6 Å². The van der Waals surface area contributed by atoms with Gasteiger partial charge in [-0.05, 0) is 38.1 Å². The molecule has 0 spiro atoms. The van der Waals surface area contributed by atoms with E-state index in [1.54, 1.807) is 24.3 Å². The molecule has 2 rings (SSSR count). The van der Waals surface area contributed by atoms with E-state index in [2.05, 4.69) is 10.5 Å². The van der Waals surface area contributed by atoms with Gasteiger partial charge in [-0.25, -0.2) is 0 Å². The van der Waals surface area contributed by atoms with Crippen LogP contribution in [-0.4, -0.2) is 23.1 Å². The van der Waals surface area contributed by atoms with E-state index in [-0.39, 0.29) is 5.97 Å². The first-order valence-corrected chi connectivity index (χ1v) is 7.88. The van der Waals surface area contributed by atoms with Gasteiger partial charge in [-0.15, -0.1) is 11.3 Å². The summed E-state index contributed by atoms with van der Waals surface area (Å²) in [5, 5.41) is 8.18. The van der Waals surface area contributed by atoms with Gasteiger partial charge in [0.1, 0.15) is 5.76 Å². The lowest BCUT2D eigenvalue weighted by molar-refractivity contribution is -0.153. The molecular formula is C15H18N2O4S. The Bertz CT molecular complexity index is 621. The lowest BCUT2D eigenvalue weighted by Gasteiger charge is -2.12. The zero-order valence-electron chi connectivity index (χ0n) is 12.5. The summed E-state index contributed by atoms with van der Waals surface area (Å²) >= 11 is 1.66. The number of thiophene rings is 1. The number of aryl methyl sites for hydroxylation is 2. The number of nitrogens with zero attached hydrogens (tertiary/aromatic N) is 1. The van der Waals surface area contributed by atoms with Crippen LogP contribution in [0.4, 0.5) is 5.82 Å². The fourth-order valence-electron chi connectivity index (χ4n) is 1.82. The number of carbonyl (C=O) groups is 2. The highest BCUT2D eigenvalue weighted by molar-refractivity contribution is 7.09. The lowest BCUT2D eigenvalue weighted by Crippen LogP contribution is -2.30. The highest BCUT2D eigenvalue weighted by Crippen LogP contribution is 2.13. The normalized spacial score (nSPS) is 11.9. The largest absolute Gasteiger partial charge is 0.453 e. The summed E-state index contributed by atoms with van der Waals surface area (Å²) in [4.78, 5) is 24.8. The Labute approximate surface area is 132 Å². The third-order valence-corrected chi connectivity index (χ3v) is 3.88. The molecule has 118 valence electrons. The van der Waals surface area contributed by atoms with Gasteiger partial charge >= 0.3 is 5.97 Å². The molecule has 7 heteroatoms. The number of aromatic nitrogens is 1. The molecule has 2 aromatic rings. The number of esters is 1. The SMILES string of the molecule is Cc1cc(NC(=O)C(C)OC(=O)CCCc2cccs2)no1. The first-order valence-electron chi connectivity index (χ1n) is 7.00. The van der Waals surface area contributed by atoms with Crippen molar-refractivity contribution in [3.63, 3.8) is 0 Å². The van der Waals surface area contributed by atoms with E-state index in [0.29, 0.717) is 24.4 Å². The van der Waals surface area contributed by atoms with Crippen LogP contribution in [0.2, 0.25) is 0 Å². The molecule has 1 unspecified atom stereocenters. The summed E-state index contributed by atoms with van der Waals surface area (Å²) in [5.41, 5.74) is 0. The van der Waals surface area contributed by atoms with Gasteiger partial charge in [0, 0.05) is 17.4 Å². The molecule has 0 saturated carbocycles. The standard InChI is InChI=1S/C15H18N2O4S/c1-10-9-13(17-21-10)16-15(19)11(2)20-14(18)7-3-5-12-6-4-8-22-12/h4,6,8-9,11H,3,5,7H2,1-2H3,(H,16,17,19). The molecule has 22 heavy (non-hydrogen) atoms. The molecule has 0 saturated heterocycles. The Kier molecular flexibility index (Phi) is 5.71. The van der Waals surface area contributed by atoms with Crippen molar-refractivity contribution in [1.82, 2.24) is 5.16 Å². The predicted octanol–water partition coefficient (Wildman–Crippen LogP) is 2.94. The average molecular weight is 322 g/mol. The van der Waals surface area contributed by atoms with E-state index in [0.717, 1.165) is 6.42 Å². The molecule has 1 atom stereocenters. The zero-order valence-corrected chi connectivity index (χ0v) is 13.3. The molecule has 0 aliphatic carbocycles. The molecule has 0 aromatic carbocycles. The summed E-state index contributed by atoms with van der Waals surface area (Å²) in [6.07, 6.45) is 0.964. The Morgan fingerprint density at radius 3 is 2.95 bits per heavy atom. The number of anilines is 1. The van der Waals surface area contributed by atoms with Crippen LogP contribution in [0.15, 0.2) is 28.1 Å². The highest BCUT2D eigenvalue weighted by atomic mass is 32.1. The number of nitrogens with one attached hydrogen (secondary N) is 1. The number of hydrogen-bond donors (Lipinski definition) is 1. The van der Waals surface area contributed by atoms with Crippen molar-refractivity contribution in [2.45, 2.75) is 39.2 Å². The maximum atomic E-state index is 11.8. The van der Waals surface area contributed by atoms with Crippen LogP contribution in [0.5, 0.6) is 0 Å². The van der Waals surface area contributed by atoms with Crippen molar-refractivity contribution in [3.8, 4) is 0 Å². The quantitative estimate of drug-likeness (QED) is 0.793. The van der Waals surface area contributed by atoms with Gasteiger partial charge in [0.15, 0.2) is 11.9 Å². The lowest BCUT2D eigenvalue weighted by atomic mass is 10.2. The first-order chi connectivity index (χ1) is 10.5. The van der Waals surface area contributed by atoms with E-state index >= 15 is 0 Å². The van der Waals surface area contributed by atoms with Gasteiger partial charge in [-0.1, -0.05) is 11.2 Å². The second-order valence-corrected chi connectivity index (χ2v) is 5.91. The van der Waals surface area contributed by atoms with Crippen LogP contribution in [0.25, 0.3) is 0 Å². The summed E-state index contributed by atoms with van der Waals surface area (Å²) in [6, 6.07) is 5.61. The molecule has 6 nitrogen and oxygen atoms in total. The predicted molar refractivity (Wildman–Crippen MR) is 82.7 cm³/mol. The highest BCUT2D eigenvalue weighted by Gasteiger charge is 2.18. The third-order valence-electron chi connectivity index (χ3n) is 2.94. The minimum Gasteiger partial charge on any atom is -0.453 e. The molecule has 0 radical (unpaired) electrons. The van der Waals surface area contributed by atoms with E-state index in [4.69, 9.17) is 9.26 Å². The number of rotatable bonds is 7. The zero-order chi connectivity index (χ0) is 15.9. The molecule has 0 aliphatic rings. The maximum absolute atomic E-state index is 11.8. The Morgan fingerprint density at radius 2 is 2.32 bits per heavy atom. The average Bonchev–Trinajstić information content (AvgIpc) is 3.10. The topological polar surface area (TPSA) is 81.4 Å². The van der Waals surface area contributed by atoms with Crippen molar-refractivity contribution in [3.05, 3.63) is 34.2 Å². The second-order valence-electron chi connectivity index (χ2n) is 4.88. The van der Waals surface area contributed by atoms with E-state index in [1.165, 1.54) is 11.8 Å². The molecule has 0 fully saturated rings. The number of ether oxygens (including phenoxy) is 1. The van der Waals surface area contributed by atoms with Crippen LogP contribution in [0, 0.1) is 6.92 Å². The van der Waals surface area contributed by atoms with Crippen LogP contribution in [-0.2, 0) is 20.7 Å². The number of amides is 1. The number of carbonyl (C=O) groups excluding carboxylic acids is 2. The Hall–Kier alpha value is -2.15. The van der Waals surface area contributed by atoms with Crippen molar-refractivity contribution >= 4 is 29.0 Å². The second kappa shape index (κ2) is 7.74. The first kappa shape index (κ1) is 16.2. The van der Waals surface area contributed by atoms with E-state index in [1.807, 2.05) is 17.5 Å². The fraction of sp³-hybridized carbons (Fsp3) is 0.400. The number of hydrogen-bond acceptors (Lipinski definition) is 6. The van der Waals surface area contributed by atoms with E-state index < -0.39 is 12.0 Å². The minimum absolute atomic E-state index is 0.290. The molecular weight excluding hydrogens is 304 g/mol. The van der Waals surface area contributed by atoms with Gasteiger partial charge in [0.2, 0.25) is 0 Å². The van der Waals surface area contributed by atoms with Crippen LogP contribution in [0.3, 0.4) is 0 Å². The Balaban J connectivity index is 1.69. The summed E-state index contributed by atoms with van der Waals surface area (Å²) in [6.45, 7) is 3.25. The van der Waals surface area contributed by atoms with Crippen LogP contribution < -0.4 is 5.32 Å². The van der Waals surface area contributed by atoms with Crippen molar-refractivity contribution in [1.29, 1.82) is 0 Å². The van der Waals surface area contributed by atoms with Crippen molar-refractivity contribution in [2.75, 3.05) is 5.32 Å².